The Morgan fingerprint density at radius 1 is 1.42 bits per heavy atom. The number of hydrogen-bond acceptors (Lipinski definition) is 5. The lowest BCUT2D eigenvalue weighted by atomic mass is 9.98. The van der Waals surface area contributed by atoms with Crippen molar-refractivity contribution in [1.29, 1.82) is 0 Å². The van der Waals surface area contributed by atoms with Gasteiger partial charge in [0, 0.05) is 17.7 Å². The second kappa shape index (κ2) is 6.26. The van der Waals surface area contributed by atoms with Gasteiger partial charge >= 0.3 is 0 Å². The third-order valence-electron chi connectivity index (χ3n) is 2.98. The third kappa shape index (κ3) is 3.49. The first-order valence-electron chi connectivity index (χ1n) is 5.76. The number of carbonyl (C=O) groups is 1. The highest BCUT2D eigenvalue weighted by molar-refractivity contribution is 5.95. The number of amides is 1. The molecule has 0 fully saturated rings. The predicted octanol–water partition coefficient (Wildman–Crippen LogP) is 0.458. The molecule has 3 N–H and O–H groups in total. The Morgan fingerprint density at radius 2 is 2.05 bits per heavy atom. The van der Waals surface area contributed by atoms with E-state index in [4.69, 9.17) is 0 Å². The molecule has 0 atom stereocenters. The molecule has 7 heteroatoms. The average Bonchev–Trinajstić information content (AvgIpc) is 2.45. The second-order valence-electron chi connectivity index (χ2n) is 4.21. The van der Waals surface area contributed by atoms with E-state index in [-0.39, 0.29) is 11.3 Å². The zero-order chi connectivity index (χ0) is 14.5. The molecule has 19 heavy (non-hydrogen) atoms. The van der Waals surface area contributed by atoms with Crippen molar-refractivity contribution in [3.05, 3.63) is 39.9 Å². The van der Waals surface area contributed by atoms with Gasteiger partial charge in [-0.05, 0) is 12.5 Å². The van der Waals surface area contributed by atoms with E-state index in [1.807, 2.05) is 0 Å². The van der Waals surface area contributed by atoms with Gasteiger partial charge in [0.25, 0.3) is 11.6 Å². The SMILES string of the molecule is CCC(CO)(CO)NC(=O)c1cccc([N+](=O)[O-])c1. The third-order valence-corrected chi connectivity index (χ3v) is 2.98. The van der Waals surface area contributed by atoms with Crippen LogP contribution in [0.2, 0.25) is 0 Å². The van der Waals surface area contributed by atoms with Gasteiger partial charge in [0.05, 0.1) is 23.7 Å². The van der Waals surface area contributed by atoms with Crippen molar-refractivity contribution in [2.75, 3.05) is 13.2 Å². The van der Waals surface area contributed by atoms with Crippen LogP contribution in [0.5, 0.6) is 0 Å². The summed E-state index contributed by atoms with van der Waals surface area (Å²) in [7, 11) is 0. The normalized spacial score (nSPS) is 11.1. The van der Waals surface area contributed by atoms with Crippen LogP contribution in [0.3, 0.4) is 0 Å². The summed E-state index contributed by atoms with van der Waals surface area (Å²) >= 11 is 0. The number of hydrogen-bond donors (Lipinski definition) is 3. The maximum atomic E-state index is 12.0. The van der Waals surface area contributed by atoms with E-state index in [2.05, 4.69) is 5.32 Å². The van der Waals surface area contributed by atoms with Gasteiger partial charge in [0.2, 0.25) is 0 Å². The maximum Gasteiger partial charge on any atom is 0.270 e. The van der Waals surface area contributed by atoms with E-state index in [1.165, 1.54) is 18.2 Å². The van der Waals surface area contributed by atoms with Crippen molar-refractivity contribution in [2.45, 2.75) is 18.9 Å². The van der Waals surface area contributed by atoms with Crippen LogP contribution < -0.4 is 5.32 Å². The first kappa shape index (κ1) is 15.1. The summed E-state index contributed by atoms with van der Waals surface area (Å²) in [5, 5.41) is 31.6. The first-order chi connectivity index (χ1) is 8.98. The van der Waals surface area contributed by atoms with E-state index in [1.54, 1.807) is 6.92 Å². The average molecular weight is 268 g/mol. The highest BCUT2D eigenvalue weighted by Crippen LogP contribution is 2.15. The predicted molar refractivity (Wildman–Crippen MR) is 67.8 cm³/mol. The molecule has 0 saturated carbocycles. The van der Waals surface area contributed by atoms with Crippen LogP contribution in [0.15, 0.2) is 24.3 Å². The topological polar surface area (TPSA) is 113 Å². The number of nitro benzene ring substituents is 1. The van der Waals surface area contributed by atoms with Gasteiger partial charge in [-0.2, -0.15) is 0 Å². The fraction of sp³-hybridized carbons (Fsp3) is 0.417. The highest BCUT2D eigenvalue weighted by Gasteiger charge is 2.29. The summed E-state index contributed by atoms with van der Waals surface area (Å²) in [5.41, 5.74) is -1.21. The van der Waals surface area contributed by atoms with Crippen molar-refractivity contribution in [3.8, 4) is 0 Å². The van der Waals surface area contributed by atoms with Crippen LogP contribution in [0.1, 0.15) is 23.7 Å². The molecular weight excluding hydrogens is 252 g/mol. The Labute approximate surface area is 110 Å². The molecule has 0 heterocycles. The molecule has 0 radical (unpaired) electrons. The quantitative estimate of drug-likeness (QED) is 0.512. The van der Waals surface area contributed by atoms with Crippen LogP contribution in [0.4, 0.5) is 5.69 Å². The minimum absolute atomic E-state index is 0.105. The Balaban J connectivity index is 2.94. The van der Waals surface area contributed by atoms with Gasteiger partial charge in [-0.1, -0.05) is 13.0 Å². The van der Waals surface area contributed by atoms with Crippen molar-refractivity contribution < 1.29 is 19.9 Å². The largest absolute Gasteiger partial charge is 0.394 e. The smallest absolute Gasteiger partial charge is 0.270 e. The number of rotatable bonds is 6. The highest BCUT2D eigenvalue weighted by atomic mass is 16.6. The number of carbonyl (C=O) groups excluding carboxylic acids is 1. The lowest BCUT2D eigenvalue weighted by Crippen LogP contribution is -2.53. The van der Waals surface area contributed by atoms with Crippen LogP contribution in [0.25, 0.3) is 0 Å². The molecule has 1 amide bonds. The number of nitrogens with one attached hydrogen (secondary N) is 1. The fourth-order valence-electron chi connectivity index (χ4n) is 1.51. The molecule has 1 rings (SSSR count). The number of non-ortho nitro benzene ring substituents is 1. The Morgan fingerprint density at radius 3 is 2.53 bits per heavy atom. The van der Waals surface area contributed by atoms with Crippen LogP contribution in [-0.2, 0) is 0 Å². The van der Waals surface area contributed by atoms with Crippen molar-refractivity contribution in [1.82, 2.24) is 5.32 Å². The van der Waals surface area contributed by atoms with Gasteiger partial charge in [0.1, 0.15) is 0 Å². The van der Waals surface area contributed by atoms with Crippen molar-refractivity contribution >= 4 is 11.6 Å². The van der Waals surface area contributed by atoms with E-state index in [9.17, 15) is 25.1 Å². The standard InChI is InChI=1S/C12H16N2O5/c1-2-12(7-15,8-16)13-11(17)9-4-3-5-10(6-9)14(18)19/h3-6,15-16H,2,7-8H2,1H3,(H,13,17). The van der Waals surface area contributed by atoms with Crippen LogP contribution in [0, 0.1) is 10.1 Å². The van der Waals surface area contributed by atoms with Gasteiger partial charge in [-0.15, -0.1) is 0 Å². The maximum absolute atomic E-state index is 12.0. The molecule has 1 aromatic rings. The summed E-state index contributed by atoms with van der Waals surface area (Å²) < 4.78 is 0. The molecule has 0 aliphatic rings. The number of nitro groups is 1. The molecule has 1 aromatic carbocycles. The summed E-state index contributed by atoms with van der Waals surface area (Å²) in [6.07, 6.45) is 0.334. The molecule has 104 valence electrons. The zero-order valence-electron chi connectivity index (χ0n) is 10.5. The first-order valence-corrected chi connectivity index (χ1v) is 5.76. The molecule has 0 saturated heterocycles. The van der Waals surface area contributed by atoms with Crippen molar-refractivity contribution in [3.63, 3.8) is 0 Å². The van der Waals surface area contributed by atoms with Gasteiger partial charge in [-0.25, -0.2) is 0 Å². The molecule has 0 aliphatic heterocycles. The minimum atomic E-state index is -1.12. The van der Waals surface area contributed by atoms with E-state index < -0.39 is 29.6 Å². The number of aliphatic hydroxyl groups is 2. The lowest BCUT2D eigenvalue weighted by molar-refractivity contribution is -0.384. The van der Waals surface area contributed by atoms with Crippen LogP contribution in [-0.4, -0.2) is 39.8 Å². The molecule has 0 unspecified atom stereocenters. The van der Waals surface area contributed by atoms with Gasteiger partial charge in [-0.3, -0.25) is 14.9 Å². The van der Waals surface area contributed by atoms with E-state index in [0.29, 0.717) is 6.42 Å². The van der Waals surface area contributed by atoms with E-state index in [0.717, 1.165) is 6.07 Å². The van der Waals surface area contributed by atoms with Gasteiger partial charge in [0.15, 0.2) is 0 Å². The molecule has 0 spiro atoms. The summed E-state index contributed by atoms with van der Waals surface area (Å²) in [5.74, 6) is -0.575. The Bertz CT molecular complexity index is 463. The molecule has 7 nitrogen and oxygen atoms in total. The molecule has 0 aliphatic carbocycles. The fourth-order valence-corrected chi connectivity index (χ4v) is 1.51. The zero-order valence-corrected chi connectivity index (χ0v) is 10.5. The summed E-state index contributed by atoms with van der Waals surface area (Å²) in [4.78, 5) is 22.0. The molecule has 0 aromatic heterocycles. The monoisotopic (exact) mass is 268 g/mol. The van der Waals surface area contributed by atoms with Gasteiger partial charge < -0.3 is 15.5 Å². The summed E-state index contributed by atoms with van der Waals surface area (Å²) in [6, 6.07) is 5.25. The molecule has 0 bridgehead atoms. The number of aliphatic hydroxyl groups excluding tert-OH is 2. The van der Waals surface area contributed by atoms with Crippen molar-refractivity contribution in [2.24, 2.45) is 0 Å². The second-order valence-corrected chi connectivity index (χ2v) is 4.21. The van der Waals surface area contributed by atoms with E-state index >= 15 is 0 Å². The Hall–Kier alpha value is -1.99. The summed E-state index contributed by atoms with van der Waals surface area (Å²) in [6.45, 7) is 0.876. The lowest BCUT2D eigenvalue weighted by Gasteiger charge is -2.29. The van der Waals surface area contributed by atoms with Crippen LogP contribution >= 0.6 is 0 Å². The molecular formula is C12H16N2O5. The minimum Gasteiger partial charge on any atom is -0.394 e. The Kier molecular flexibility index (Phi) is 4.96. The number of benzene rings is 1. The number of nitrogens with zero attached hydrogens (tertiary/aromatic N) is 1.